The van der Waals surface area contributed by atoms with Crippen molar-refractivity contribution in [2.24, 2.45) is 0 Å². The highest BCUT2D eigenvalue weighted by Gasteiger charge is 2.26. The average Bonchev–Trinajstić information content (AvgIpc) is 2.93. The van der Waals surface area contributed by atoms with Crippen molar-refractivity contribution in [3.8, 4) is 0 Å². The fourth-order valence-electron chi connectivity index (χ4n) is 3.61. The molecule has 0 saturated heterocycles. The number of likely N-dealkylation sites (N-methyl/N-ethyl adjacent to an activating group) is 1. The molecule has 2 nitrogen and oxygen atoms in total. The van der Waals surface area contributed by atoms with E-state index in [0.717, 1.165) is 35.9 Å². The first-order valence-corrected chi connectivity index (χ1v) is 8.94. The molecular formula is C20H20BrNO. The Kier molecular flexibility index (Phi) is 4.00. The minimum atomic E-state index is 0.572. The van der Waals surface area contributed by atoms with Gasteiger partial charge in [0, 0.05) is 34.4 Å². The molecule has 4 rings (SSSR count). The molecule has 0 fully saturated rings. The van der Waals surface area contributed by atoms with E-state index in [9.17, 15) is 0 Å². The van der Waals surface area contributed by atoms with Crippen LogP contribution >= 0.6 is 15.9 Å². The minimum absolute atomic E-state index is 0.572. The second-order valence-corrected chi connectivity index (χ2v) is 7.36. The fraction of sp³-hybridized carbons (Fsp3) is 0.300. The number of benzene rings is 2. The van der Waals surface area contributed by atoms with Crippen molar-refractivity contribution in [3.05, 3.63) is 69.9 Å². The number of aryl methyl sites for hydroxylation is 1. The largest absolute Gasteiger partial charge is 0.461 e. The van der Waals surface area contributed by atoms with Crippen molar-refractivity contribution in [2.45, 2.75) is 31.8 Å². The highest BCUT2D eigenvalue weighted by atomic mass is 79.9. The summed E-state index contributed by atoms with van der Waals surface area (Å²) in [6, 6.07) is 17.6. The molecule has 0 bridgehead atoms. The highest BCUT2D eigenvalue weighted by molar-refractivity contribution is 9.10. The monoisotopic (exact) mass is 369 g/mol. The van der Waals surface area contributed by atoms with Crippen LogP contribution in [0.5, 0.6) is 0 Å². The van der Waals surface area contributed by atoms with E-state index < -0.39 is 0 Å². The highest BCUT2D eigenvalue weighted by Crippen LogP contribution is 2.34. The van der Waals surface area contributed by atoms with Gasteiger partial charge >= 0.3 is 0 Å². The van der Waals surface area contributed by atoms with Crippen LogP contribution in [0.2, 0.25) is 0 Å². The van der Waals surface area contributed by atoms with Crippen molar-refractivity contribution in [1.29, 1.82) is 0 Å². The summed E-state index contributed by atoms with van der Waals surface area (Å²) in [4.78, 5) is 2.48. The molecule has 3 heteroatoms. The molecule has 0 amide bonds. The standard InChI is InChI=1S/C20H20BrNO/c1-22(13-14-5-3-2-4-6-14)16-8-10-20-18(12-16)17-11-15(21)7-9-19(17)23-20/h2-7,9,11,16H,8,10,12-13H2,1H3. The van der Waals surface area contributed by atoms with Crippen LogP contribution in [0.3, 0.4) is 0 Å². The third-order valence-electron chi connectivity index (χ3n) is 4.88. The zero-order valence-corrected chi connectivity index (χ0v) is 14.8. The summed E-state index contributed by atoms with van der Waals surface area (Å²) in [7, 11) is 2.24. The molecule has 0 saturated carbocycles. The number of rotatable bonds is 3. The fourth-order valence-corrected chi connectivity index (χ4v) is 3.97. The number of hydrogen-bond acceptors (Lipinski definition) is 2. The van der Waals surface area contributed by atoms with Gasteiger partial charge in [-0.2, -0.15) is 0 Å². The SMILES string of the molecule is CN(Cc1ccccc1)C1CCc2oc3ccc(Br)cc3c2C1. The van der Waals surface area contributed by atoms with Crippen LogP contribution in [0.25, 0.3) is 11.0 Å². The van der Waals surface area contributed by atoms with Gasteiger partial charge in [0.05, 0.1) is 0 Å². The van der Waals surface area contributed by atoms with Gasteiger partial charge in [0.1, 0.15) is 11.3 Å². The van der Waals surface area contributed by atoms with Crippen molar-refractivity contribution >= 4 is 26.9 Å². The quantitative estimate of drug-likeness (QED) is 0.631. The molecule has 2 aromatic carbocycles. The van der Waals surface area contributed by atoms with Crippen LogP contribution in [0.1, 0.15) is 23.3 Å². The van der Waals surface area contributed by atoms with Gasteiger partial charge in [-0.25, -0.2) is 0 Å². The van der Waals surface area contributed by atoms with Gasteiger partial charge in [-0.1, -0.05) is 46.3 Å². The molecule has 1 aliphatic rings. The lowest BCUT2D eigenvalue weighted by Crippen LogP contribution is -2.35. The number of furan rings is 1. The van der Waals surface area contributed by atoms with Gasteiger partial charge in [0.15, 0.2) is 0 Å². The van der Waals surface area contributed by atoms with Gasteiger partial charge in [0.2, 0.25) is 0 Å². The maximum absolute atomic E-state index is 6.05. The maximum atomic E-state index is 6.05. The summed E-state index contributed by atoms with van der Waals surface area (Å²) in [6.45, 7) is 1.00. The second kappa shape index (κ2) is 6.14. The van der Waals surface area contributed by atoms with Crippen LogP contribution in [0.4, 0.5) is 0 Å². The van der Waals surface area contributed by atoms with E-state index in [2.05, 4.69) is 76.4 Å². The Morgan fingerprint density at radius 3 is 2.83 bits per heavy atom. The first-order chi connectivity index (χ1) is 11.2. The van der Waals surface area contributed by atoms with Crippen molar-refractivity contribution < 1.29 is 4.42 Å². The molecule has 0 aliphatic heterocycles. The van der Waals surface area contributed by atoms with E-state index in [1.807, 2.05) is 0 Å². The van der Waals surface area contributed by atoms with Crippen LogP contribution in [0.15, 0.2) is 57.4 Å². The molecule has 0 radical (unpaired) electrons. The summed E-state index contributed by atoms with van der Waals surface area (Å²) < 4.78 is 7.17. The Morgan fingerprint density at radius 1 is 1.17 bits per heavy atom. The predicted molar refractivity (Wildman–Crippen MR) is 97.6 cm³/mol. The number of fused-ring (bicyclic) bond motifs is 3. The third-order valence-corrected chi connectivity index (χ3v) is 5.37. The lowest BCUT2D eigenvalue weighted by atomic mass is 9.90. The van der Waals surface area contributed by atoms with E-state index in [4.69, 9.17) is 4.42 Å². The molecule has 118 valence electrons. The van der Waals surface area contributed by atoms with Gasteiger partial charge in [-0.3, -0.25) is 4.90 Å². The summed E-state index contributed by atoms with van der Waals surface area (Å²) in [6.07, 6.45) is 3.27. The van der Waals surface area contributed by atoms with E-state index >= 15 is 0 Å². The molecule has 1 aliphatic carbocycles. The van der Waals surface area contributed by atoms with Gasteiger partial charge in [0.25, 0.3) is 0 Å². The zero-order chi connectivity index (χ0) is 15.8. The van der Waals surface area contributed by atoms with Crippen molar-refractivity contribution in [3.63, 3.8) is 0 Å². The summed E-state index contributed by atoms with van der Waals surface area (Å²) in [5.41, 5.74) is 3.79. The Hall–Kier alpha value is -1.58. The first-order valence-electron chi connectivity index (χ1n) is 8.14. The maximum Gasteiger partial charge on any atom is 0.134 e. The Bertz CT molecular complexity index is 824. The lowest BCUT2D eigenvalue weighted by Gasteiger charge is -2.31. The molecule has 23 heavy (non-hydrogen) atoms. The van der Waals surface area contributed by atoms with E-state index in [1.165, 1.54) is 22.3 Å². The molecule has 1 aromatic heterocycles. The van der Waals surface area contributed by atoms with E-state index in [-0.39, 0.29) is 0 Å². The molecular weight excluding hydrogens is 350 g/mol. The zero-order valence-electron chi connectivity index (χ0n) is 13.3. The molecule has 3 aromatic rings. The molecule has 1 unspecified atom stereocenters. The number of hydrogen-bond donors (Lipinski definition) is 0. The average molecular weight is 370 g/mol. The Balaban J connectivity index is 1.58. The minimum Gasteiger partial charge on any atom is -0.461 e. The van der Waals surface area contributed by atoms with Crippen LogP contribution in [-0.4, -0.2) is 18.0 Å². The normalized spacial score (nSPS) is 17.6. The molecule has 0 spiro atoms. The third kappa shape index (κ3) is 2.96. The predicted octanol–water partition coefficient (Wildman–Crippen LogP) is 5.18. The van der Waals surface area contributed by atoms with E-state index in [1.54, 1.807) is 0 Å². The molecule has 1 heterocycles. The second-order valence-electron chi connectivity index (χ2n) is 6.44. The summed E-state index contributed by atoms with van der Waals surface area (Å²) >= 11 is 3.58. The van der Waals surface area contributed by atoms with Gasteiger partial charge in [-0.05, 0) is 43.7 Å². The Labute approximate surface area is 145 Å². The topological polar surface area (TPSA) is 16.4 Å². The molecule has 1 atom stereocenters. The van der Waals surface area contributed by atoms with Crippen LogP contribution in [0, 0.1) is 0 Å². The van der Waals surface area contributed by atoms with Crippen molar-refractivity contribution in [2.75, 3.05) is 7.05 Å². The van der Waals surface area contributed by atoms with Crippen LogP contribution in [-0.2, 0) is 19.4 Å². The first kappa shape index (κ1) is 15.0. The number of nitrogens with zero attached hydrogens (tertiary/aromatic N) is 1. The smallest absolute Gasteiger partial charge is 0.134 e. The summed E-state index contributed by atoms with van der Waals surface area (Å²) in [5, 5.41) is 1.27. The van der Waals surface area contributed by atoms with E-state index in [0.29, 0.717) is 6.04 Å². The van der Waals surface area contributed by atoms with Gasteiger partial charge < -0.3 is 4.42 Å². The number of halogens is 1. The van der Waals surface area contributed by atoms with Crippen molar-refractivity contribution in [1.82, 2.24) is 4.90 Å². The molecule has 0 N–H and O–H groups in total. The Morgan fingerprint density at radius 2 is 2.00 bits per heavy atom. The summed E-state index contributed by atoms with van der Waals surface area (Å²) in [5.74, 6) is 1.18. The van der Waals surface area contributed by atoms with Gasteiger partial charge in [-0.15, -0.1) is 0 Å². The lowest BCUT2D eigenvalue weighted by molar-refractivity contribution is 0.209. The van der Waals surface area contributed by atoms with Crippen LogP contribution < -0.4 is 0 Å².